The molecule has 4 nitrogen and oxygen atoms in total. The van der Waals surface area contributed by atoms with Crippen molar-refractivity contribution in [3.63, 3.8) is 0 Å². The van der Waals surface area contributed by atoms with Crippen LogP contribution < -0.4 is 0 Å². The second kappa shape index (κ2) is 8.29. The zero-order chi connectivity index (χ0) is 19.5. The minimum Gasteiger partial charge on any atom is -0.385 e. The maximum Gasteiger partial charge on any atom is 0.0529 e. The molecule has 3 heterocycles. The molecular formula is C24H29N3O. The summed E-state index contributed by atoms with van der Waals surface area (Å²) in [4.78, 5) is 6.71. The minimum absolute atomic E-state index is 0.831. The van der Waals surface area contributed by atoms with Crippen molar-refractivity contribution >= 4 is 22.7 Å². The molecule has 0 radical (unpaired) electrons. The number of aromatic nitrogens is 2. The molecule has 0 amide bonds. The van der Waals surface area contributed by atoms with E-state index in [0.717, 1.165) is 39.1 Å². The molecule has 0 bridgehead atoms. The van der Waals surface area contributed by atoms with Crippen molar-refractivity contribution in [1.29, 1.82) is 0 Å². The Balaban J connectivity index is 1.74. The number of hydrogen-bond acceptors (Lipinski definition) is 3. The number of methoxy groups -OCH3 is 1. The van der Waals surface area contributed by atoms with Gasteiger partial charge in [0.25, 0.3) is 0 Å². The Hall–Kier alpha value is -2.43. The van der Waals surface area contributed by atoms with Crippen molar-refractivity contribution in [1.82, 2.24) is 14.5 Å². The van der Waals surface area contributed by atoms with Gasteiger partial charge in [-0.25, -0.2) is 0 Å². The molecule has 4 rings (SSSR count). The molecule has 146 valence electrons. The van der Waals surface area contributed by atoms with Gasteiger partial charge in [-0.15, -0.1) is 0 Å². The second-order valence-corrected chi connectivity index (χ2v) is 7.74. The molecule has 0 saturated heterocycles. The lowest BCUT2D eigenvalue weighted by atomic mass is 10.0. The lowest BCUT2D eigenvalue weighted by Gasteiger charge is -2.27. The van der Waals surface area contributed by atoms with E-state index in [-0.39, 0.29) is 0 Å². The third-order valence-corrected chi connectivity index (χ3v) is 5.70. The van der Waals surface area contributed by atoms with Gasteiger partial charge in [-0.05, 0) is 61.2 Å². The van der Waals surface area contributed by atoms with Crippen LogP contribution in [0.5, 0.6) is 0 Å². The van der Waals surface area contributed by atoms with E-state index in [4.69, 9.17) is 4.74 Å². The summed E-state index contributed by atoms with van der Waals surface area (Å²) in [7, 11) is 1.78. The molecule has 1 aromatic carbocycles. The molecule has 1 aliphatic heterocycles. The minimum atomic E-state index is 0.831. The molecule has 0 fully saturated rings. The SMILES string of the molecule is COCCCN1CCc2c(c3cc(C)ccc3n2C=C(C)c2ccncc2)C1. The highest BCUT2D eigenvalue weighted by atomic mass is 16.5. The Morgan fingerprint density at radius 2 is 2.04 bits per heavy atom. The highest BCUT2D eigenvalue weighted by Gasteiger charge is 2.23. The molecule has 2 aromatic heterocycles. The number of allylic oxidation sites excluding steroid dienone is 1. The van der Waals surface area contributed by atoms with Crippen LogP contribution in [0.3, 0.4) is 0 Å². The molecule has 1 aliphatic rings. The first-order valence-electron chi connectivity index (χ1n) is 10.1. The summed E-state index contributed by atoms with van der Waals surface area (Å²) in [6, 6.07) is 11.0. The quantitative estimate of drug-likeness (QED) is 0.582. The fraction of sp³-hybridized carbons (Fsp3) is 0.375. The lowest BCUT2D eigenvalue weighted by Crippen LogP contribution is -2.32. The summed E-state index contributed by atoms with van der Waals surface area (Å²) in [6.45, 7) is 8.42. The van der Waals surface area contributed by atoms with Crippen LogP contribution in [0.25, 0.3) is 22.7 Å². The predicted octanol–water partition coefficient (Wildman–Crippen LogP) is 4.76. The van der Waals surface area contributed by atoms with Gasteiger partial charge >= 0.3 is 0 Å². The topological polar surface area (TPSA) is 30.3 Å². The van der Waals surface area contributed by atoms with E-state index in [1.165, 1.54) is 38.9 Å². The van der Waals surface area contributed by atoms with Crippen LogP contribution in [0.1, 0.15) is 35.7 Å². The van der Waals surface area contributed by atoms with E-state index in [2.05, 4.69) is 64.8 Å². The fourth-order valence-corrected chi connectivity index (χ4v) is 4.22. The molecule has 0 atom stereocenters. The summed E-state index contributed by atoms with van der Waals surface area (Å²) in [5, 5.41) is 1.39. The van der Waals surface area contributed by atoms with Gasteiger partial charge in [0.1, 0.15) is 0 Å². The average Bonchev–Trinajstić information content (AvgIpc) is 3.01. The average molecular weight is 376 g/mol. The summed E-state index contributed by atoms with van der Waals surface area (Å²) in [5.74, 6) is 0. The van der Waals surface area contributed by atoms with E-state index in [1.807, 2.05) is 12.4 Å². The van der Waals surface area contributed by atoms with Gasteiger partial charge in [-0.3, -0.25) is 9.88 Å². The molecule has 0 spiro atoms. The van der Waals surface area contributed by atoms with Gasteiger partial charge in [0.15, 0.2) is 0 Å². The third kappa shape index (κ3) is 3.75. The zero-order valence-corrected chi connectivity index (χ0v) is 17.1. The Labute approximate surface area is 167 Å². The van der Waals surface area contributed by atoms with Crippen LogP contribution in [-0.2, 0) is 17.7 Å². The predicted molar refractivity (Wildman–Crippen MR) is 116 cm³/mol. The molecule has 4 heteroatoms. The Morgan fingerprint density at radius 3 is 2.82 bits per heavy atom. The highest BCUT2D eigenvalue weighted by molar-refractivity contribution is 5.90. The standard InChI is InChI=1S/C24H29N3O/c1-18-5-6-23-21(15-18)22-17-26(12-4-14-28-3)13-9-24(22)27(23)16-19(2)20-7-10-25-11-8-20/h5-8,10-11,15-16H,4,9,12-14,17H2,1-3H3. The van der Waals surface area contributed by atoms with E-state index in [0.29, 0.717) is 0 Å². The third-order valence-electron chi connectivity index (χ3n) is 5.70. The zero-order valence-electron chi connectivity index (χ0n) is 17.1. The monoisotopic (exact) mass is 375 g/mol. The fourth-order valence-electron chi connectivity index (χ4n) is 4.22. The summed E-state index contributed by atoms with van der Waals surface area (Å²) in [6.07, 6.45) is 8.18. The van der Waals surface area contributed by atoms with Crippen molar-refractivity contribution in [3.05, 3.63) is 65.1 Å². The molecule has 0 aliphatic carbocycles. The van der Waals surface area contributed by atoms with Crippen LogP contribution in [0, 0.1) is 6.92 Å². The molecule has 0 N–H and O–H groups in total. The molecule has 0 saturated carbocycles. The van der Waals surface area contributed by atoms with Crippen LogP contribution in [-0.4, -0.2) is 41.3 Å². The highest BCUT2D eigenvalue weighted by Crippen LogP contribution is 2.33. The summed E-state index contributed by atoms with van der Waals surface area (Å²) in [5.41, 5.74) is 8.04. The van der Waals surface area contributed by atoms with Gasteiger partial charge < -0.3 is 9.30 Å². The number of aryl methyl sites for hydroxylation is 1. The Bertz CT molecular complexity index is 988. The van der Waals surface area contributed by atoms with Crippen molar-refractivity contribution in [2.75, 3.05) is 26.8 Å². The smallest absolute Gasteiger partial charge is 0.0529 e. The molecule has 0 unspecified atom stereocenters. The number of fused-ring (bicyclic) bond motifs is 3. The number of hydrogen-bond donors (Lipinski definition) is 0. The summed E-state index contributed by atoms with van der Waals surface area (Å²) >= 11 is 0. The van der Waals surface area contributed by atoms with Gasteiger partial charge in [-0.1, -0.05) is 11.6 Å². The van der Waals surface area contributed by atoms with E-state index >= 15 is 0 Å². The van der Waals surface area contributed by atoms with Crippen molar-refractivity contribution < 1.29 is 4.74 Å². The first-order valence-corrected chi connectivity index (χ1v) is 10.1. The van der Waals surface area contributed by atoms with Gasteiger partial charge in [-0.2, -0.15) is 0 Å². The van der Waals surface area contributed by atoms with Gasteiger partial charge in [0.05, 0.1) is 5.52 Å². The first kappa shape index (κ1) is 18.9. The van der Waals surface area contributed by atoms with E-state index in [1.54, 1.807) is 7.11 Å². The second-order valence-electron chi connectivity index (χ2n) is 7.74. The van der Waals surface area contributed by atoms with Gasteiger partial charge in [0.2, 0.25) is 0 Å². The largest absolute Gasteiger partial charge is 0.385 e. The van der Waals surface area contributed by atoms with Crippen LogP contribution in [0.4, 0.5) is 0 Å². The van der Waals surface area contributed by atoms with E-state index in [9.17, 15) is 0 Å². The lowest BCUT2D eigenvalue weighted by molar-refractivity contribution is 0.167. The number of ether oxygens (including phenoxy) is 1. The van der Waals surface area contributed by atoms with E-state index < -0.39 is 0 Å². The molecular weight excluding hydrogens is 346 g/mol. The Kier molecular flexibility index (Phi) is 5.60. The maximum absolute atomic E-state index is 5.24. The Morgan fingerprint density at radius 1 is 1.21 bits per heavy atom. The first-order chi connectivity index (χ1) is 13.7. The van der Waals surface area contributed by atoms with Crippen molar-refractivity contribution in [3.8, 4) is 0 Å². The van der Waals surface area contributed by atoms with Crippen LogP contribution in [0.2, 0.25) is 0 Å². The number of benzene rings is 1. The maximum atomic E-state index is 5.24. The molecule has 3 aromatic rings. The van der Waals surface area contributed by atoms with Crippen molar-refractivity contribution in [2.24, 2.45) is 0 Å². The van der Waals surface area contributed by atoms with Gasteiger partial charge in [0, 0.05) is 69.4 Å². The number of nitrogens with zero attached hydrogens (tertiary/aromatic N) is 3. The van der Waals surface area contributed by atoms with Crippen LogP contribution >= 0.6 is 0 Å². The number of pyridine rings is 1. The number of rotatable bonds is 6. The normalized spacial score (nSPS) is 15.2. The molecule has 28 heavy (non-hydrogen) atoms. The van der Waals surface area contributed by atoms with Crippen molar-refractivity contribution in [2.45, 2.75) is 33.2 Å². The summed E-state index contributed by atoms with van der Waals surface area (Å²) < 4.78 is 7.66. The van der Waals surface area contributed by atoms with Crippen LogP contribution in [0.15, 0.2) is 42.7 Å².